The van der Waals surface area contributed by atoms with E-state index < -0.39 is 0 Å². The van der Waals surface area contributed by atoms with Gasteiger partial charge >= 0.3 is 0 Å². The predicted molar refractivity (Wildman–Crippen MR) is 59.6 cm³/mol. The van der Waals surface area contributed by atoms with Crippen molar-refractivity contribution >= 4 is 5.96 Å². The number of fused-ring (bicyclic) bond motifs is 1. The topological polar surface area (TPSA) is 18.8 Å². The van der Waals surface area contributed by atoms with E-state index in [2.05, 4.69) is 21.7 Å². The molecule has 0 radical (unpaired) electrons. The number of rotatable bonds is 3. The van der Waals surface area contributed by atoms with Crippen LogP contribution in [0.4, 0.5) is 0 Å². The highest BCUT2D eigenvalue weighted by molar-refractivity contribution is 5.81. The second-order valence-corrected chi connectivity index (χ2v) is 4.22. The van der Waals surface area contributed by atoms with Crippen LogP contribution in [-0.4, -0.2) is 48.5 Å². The van der Waals surface area contributed by atoms with Gasteiger partial charge in [0.25, 0.3) is 0 Å². The predicted octanol–water partition coefficient (Wildman–Crippen LogP) is 1.55. The van der Waals surface area contributed by atoms with E-state index in [-0.39, 0.29) is 0 Å². The summed E-state index contributed by atoms with van der Waals surface area (Å²) in [7, 11) is 0. The minimum absolute atomic E-state index is 1.04. The molecule has 1 saturated heterocycles. The first-order chi connectivity index (χ1) is 6.92. The minimum Gasteiger partial charge on any atom is -0.343 e. The van der Waals surface area contributed by atoms with Crippen molar-refractivity contribution in [2.45, 2.75) is 32.6 Å². The van der Waals surface area contributed by atoms with Crippen LogP contribution in [0.25, 0.3) is 0 Å². The van der Waals surface area contributed by atoms with Crippen LogP contribution in [0.2, 0.25) is 0 Å². The summed E-state index contributed by atoms with van der Waals surface area (Å²) in [5.41, 5.74) is 0. The molecule has 2 aliphatic rings. The zero-order valence-corrected chi connectivity index (χ0v) is 9.21. The minimum atomic E-state index is 1.04. The van der Waals surface area contributed by atoms with E-state index in [0.717, 1.165) is 6.54 Å². The lowest BCUT2D eigenvalue weighted by molar-refractivity contribution is 0.242. The van der Waals surface area contributed by atoms with Gasteiger partial charge in [0, 0.05) is 32.7 Å². The first-order valence-electron chi connectivity index (χ1n) is 5.96. The summed E-state index contributed by atoms with van der Waals surface area (Å²) in [6.45, 7) is 8.16. The van der Waals surface area contributed by atoms with Crippen LogP contribution in [0.1, 0.15) is 32.6 Å². The molecular formula is C11H21N3. The van der Waals surface area contributed by atoms with Gasteiger partial charge in [0.1, 0.15) is 0 Å². The van der Waals surface area contributed by atoms with E-state index in [0.29, 0.717) is 0 Å². The van der Waals surface area contributed by atoms with Gasteiger partial charge in [0.2, 0.25) is 0 Å². The van der Waals surface area contributed by atoms with Gasteiger partial charge in [0.05, 0.1) is 0 Å². The number of unbranched alkanes of at least 4 members (excludes halogenated alkanes) is 1. The van der Waals surface area contributed by atoms with Crippen molar-refractivity contribution in [1.29, 1.82) is 0 Å². The second kappa shape index (κ2) is 4.67. The number of guanidine groups is 1. The molecule has 0 unspecified atom stereocenters. The first-order valence-corrected chi connectivity index (χ1v) is 5.96. The second-order valence-electron chi connectivity index (χ2n) is 4.22. The quantitative estimate of drug-likeness (QED) is 0.680. The maximum atomic E-state index is 4.65. The Morgan fingerprint density at radius 3 is 2.93 bits per heavy atom. The third-order valence-corrected chi connectivity index (χ3v) is 3.04. The lowest BCUT2D eigenvalue weighted by Crippen LogP contribution is -2.52. The lowest BCUT2D eigenvalue weighted by Gasteiger charge is -2.41. The van der Waals surface area contributed by atoms with Crippen LogP contribution in [-0.2, 0) is 0 Å². The Bertz CT molecular complexity index is 213. The van der Waals surface area contributed by atoms with Crippen molar-refractivity contribution in [2.75, 3.05) is 32.7 Å². The highest BCUT2D eigenvalue weighted by atomic mass is 15.4. The molecule has 0 spiro atoms. The van der Waals surface area contributed by atoms with Gasteiger partial charge in [-0.15, -0.1) is 0 Å². The standard InChI is InChI=1S/C11H21N3/c1-2-3-7-13-9-5-10-14-8-4-6-12-11(13)14/h2-10H2,1H3. The van der Waals surface area contributed by atoms with Crippen molar-refractivity contribution in [1.82, 2.24) is 9.80 Å². The third-order valence-electron chi connectivity index (χ3n) is 3.04. The molecule has 14 heavy (non-hydrogen) atoms. The molecule has 3 heteroatoms. The van der Waals surface area contributed by atoms with E-state index in [1.807, 2.05) is 0 Å². The van der Waals surface area contributed by atoms with Gasteiger partial charge < -0.3 is 9.80 Å². The summed E-state index contributed by atoms with van der Waals surface area (Å²) >= 11 is 0. The van der Waals surface area contributed by atoms with Crippen molar-refractivity contribution in [3.8, 4) is 0 Å². The zero-order valence-electron chi connectivity index (χ0n) is 9.21. The van der Waals surface area contributed by atoms with Crippen molar-refractivity contribution in [3.63, 3.8) is 0 Å². The van der Waals surface area contributed by atoms with Crippen LogP contribution >= 0.6 is 0 Å². The average Bonchev–Trinajstić information content (AvgIpc) is 2.26. The number of hydrogen-bond donors (Lipinski definition) is 0. The molecule has 0 aromatic heterocycles. The van der Waals surface area contributed by atoms with Crippen LogP contribution < -0.4 is 0 Å². The molecule has 0 N–H and O–H groups in total. The first kappa shape index (κ1) is 9.81. The molecule has 1 fully saturated rings. The maximum Gasteiger partial charge on any atom is 0.196 e. The van der Waals surface area contributed by atoms with Crippen LogP contribution in [0, 0.1) is 0 Å². The average molecular weight is 195 g/mol. The summed E-state index contributed by atoms with van der Waals surface area (Å²) < 4.78 is 0. The molecule has 0 bridgehead atoms. The highest BCUT2D eigenvalue weighted by Crippen LogP contribution is 2.14. The summed E-state index contributed by atoms with van der Waals surface area (Å²) in [6, 6.07) is 0. The molecule has 80 valence electrons. The van der Waals surface area contributed by atoms with Gasteiger partial charge in [-0.3, -0.25) is 4.99 Å². The fraction of sp³-hybridized carbons (Fsp3) is 0.909. The van der Waals surface area contributed by atoms with Crippen LogP contribution in [0.5, 0.6) is 0 Å². The van der Waals surface area contributed by atoms with Gasteiger partial charge in [-0.25, -0.2) is 0 Å². The molecule has 0 atom stereocenters. The largest absolute Gasteiger partial charge is 0.343 e. The molecule has 2 rings (SSSR count). The Morgan fingerprint density at radius 1 is 1.21 bits per heavy atom. The molecule has 3 nitrogen and oxygen atoms in total. The zero-order chi connectivity index (χ0) is 9.80. The maximum absolute atomic E-state index is 4.65. The van der Waals surface area contributed by atoms with Crippen molar-refractivity contribution in [3.05, 3.63) is 0 Å². The van der Waals surface area contributed by atoms with E-state index in [9.17, 15) is 0 Å². The Balaban J connectivity index is 1.97. The molecule has 0 aromatic carbocycles. The molecule has 0 aliphatic carbocycles. The molecule has 0 saturated carbocycles. The Labute approximate surface area is 86.8 Å². The van der Waals surface area contributed by atoms with Gasteiger partial charge in [-0.05, 0) is 19.3 Å². The molecule has 2 heterocycles. The molecule has 0 amide bonds. The monoisotopic (exact) mass is 195 g/mol. The summed E-state index contributed by atoms with van der Waals surface area (Å²) in [5.74, 6) is 1.29. The third kappa shape index (κ3) is 2.02. The Morgan fingerprint density at radius 2 is 2.07 bits per heavy atom. The normalized spacial score (nSPS) is 21.9. The number of nitrogens with zero attached hydrogens (tertiary/aromatic N) is 3. The number of hydrogen-bond acceptors (Lipinski definition) is 3. The molecule has 2 aliphatic heterocycles. The highest BCUT2D eigenvalue weighted by Gasteiger charge is 2.24. The van der Waals surface area contributed by atoms with Gasteiger partial charge in [-0.2, -0.15) is 0 Å². The summed E-state index contributed by atoms with van der Waals surface area (Å²) in [5, 5.41) is 0. The van der Waals surface area contributed by atoms with Crippen LogP contribution in [0.3, 0.4) is 0 Å². The molecular weight excluding hydrogens is 174 g/mol. The Kier molecular flexibility index (Phi) is 3.27. The lowest BCUT2D eigenvalue weighted by atomic mass is 10.2. The number of aliphatic imine (C=N–C) groups is 1. The van der Waals surface area contributed by atoms with Gasteiger partial charge in [-0.1, -0.05) is 13.3 Å². The van der Waals surface area contributed by atoms with Crippen molar-refractivity contribution in [2.24, 2.45) is 4.99 Å². The summed E-state index contributed by atoms with van der Waals surface area (Å²) in [4.78, 5) is 9.59. The molecule has 0 aromatic rings. The fourth-order valence-electron chi connectivity index (χ4n) is 2.27. The Hall–Kier alpha value is -0.730. The van der Waals surface area contributed by atoms with Crippen molar-refractivity contribution < 1.29 is 0 Å². The van der Waals surface area contributed by atoms with E-state index in [4.69, 9.17) is 0 Å². The van der Waals surface area contributed by atoms with Crippen LogP contribution in [0.15, 0.2) is 4.99 Å². The van der Waals surface area contributed by atoms with E-state index >= 15 is 0 Å². The summed E-state index contributed by atoms with van der Waals surface area (Å²) in [6.07, 6.45) is 5.13. The fourth-order valence-corrected chi connectivity index (χ4v) is 2.27. The van der Waals surface area contributed by atoms with E-state index in [1.54, 1.807) is 0 Å². The smallest absolute Gasteiger partial charge is 0.196 e. The van der Waals surface area contributed by atoms with Gasteiger partial charge in [0.15, 0.2) is 5.96 Å². The SMILES string of the molecule is CCCCN1CCCN2CCCN=C12. The van der Waals surface area contributed by atoms with E-state index in [1.165, 1.54) is 57.8 Å².